The van der Waals surface area contributed by atoms with Crippen LogP contribution >= 0.6 is 23.5 Å². The predicted octanol–water partition coefficient (Wildman–Crippen LogP) is 4.00. The van der Waals surface area contributed by atoms with Crippen LogP contribution in [0.2, 0.25) is 5.02 Å². The van der Waals surface area contributed by atoms with Crippen molar-refractivity contribution < 1.29 is 9.53 Å². The molecule has 4 nitrogen and oxygen atoms in total. The SMILES string of the molecule is O=C1OCCC1NSc1ccc(Nc2ccc(Cl)cc2)cc1. The van der Waals surface area contributed by atoms with E-state index in [0.29, 0.717) is 11.6 Å². The first-order chi connectivity index (χ1) is 10.7. The van der Waals surface area contributed by atoms with Crippen molar-refractivity contribution in [1.82, 2.24) is 4.72 Å². The Morgan fingerprint density at radius 2 is 1.68 bits per heavy atom. The fourth-order valence-electron chi connectivity index (χ4n) is 2.05. The summed E-state index contributed by atoms with van der Waals surface area (Å²) in [6, 6.07) is 15.3. The number of hydrogen-bond acceptors (Lipinski definition) is 5. The number of nitrogens with one attached hydrogen (secondary N) is 2. The number of esters is 1. The summed E-state index contributed by atoms with van der Waals surface area (Å²) in [5, 5.41) is 4.02. The summed E-state index contributed by atoms with van der Waals surface area (Å²) in [6.07, 6.45) is 0.724. The summed E-state index contributed by atoms with van der Waals surface area (Å²) >= 11 is 7.31. The van der Waals surface area contributed by atoms with Gasteiger partial charge in [0.15, 0.2) is 0 Å². The Hall–Kier alpha value is -1.69. The summed E-state index contributed by atoms with van der Waals surface area (Å²) in [4.78, 5) is 12.4. The monoisotopic (exact) mass is 334 g/mol. The molecule has 0 amide bonds. The molecule has 0 bridgehead atoms. The smallest absolute Gasteiger partial charge is 0.324 e. The number of hydrogen-bond donors (Lipinski definition) is 2. The molecule has 1 unspecified atom stereocenters. The Kier molecular flexibility index (Phi) is 4.87. The molecule has 1 heterocycles. The zero-order valence-electron chi connectivity index (χ0n) is 11.7. The Morgan fingerprint density at radius 1 is 1.05 bits per heavy atom. The van der Waals surface area contributed by atoms with Gasteiger partial charge in [-0.25, -0.2) is 4.72 Å². The molecule has 2 aromatic rings. The number of rotatable bonds is 5. The Bertz CT molecular complexity index is 646. The molecule has 3 rings (SSSR count). The highest BCUT2D eigenvalue weighted by atomic mass is 35.5. The molecular formula is C16H15ClN2O2S. The van der Waals surface area contributed by atoms with Crippen LogP contribution in [0.1, 0.15) is 6.42 Å². The minimum Gasteiger partial charge on any atom is -0.464 e. The van der Waals surface area contributed by atoms with Gasteiger partial charge >= 0.3 is 5.97 Å². The van der Waals surface area contributed by atoms with Crippen molar-refractivity contribution >= 4 is 40.9 Å². The Labute approximate surface area is 138 Å². The quantitative estimate of drug-likeness (QED) is 0.639. The first kappa shape index (κ1) is 15.2. The lowest BCUT2D eigenvalue weighted by molar-refractivity contribution is -0.139. The molecule has 114 valence electrons. The maximum Gasteiger partial charge on any atom is 0.324 e. The molecule has 0 aliphatic carbocycles. The van der Waals surface area contributed by atoms with E-state index < -0.39 is 0 Å². The van der Waals surface area contributed by atoms with Crippen LogP contribution in [0.3, 0.4) is 0 Å². The zero-order valence-corrected chi connectivity index (χ0v) is 13.3. The van der Waals surface area contributed by atoms with Gasteiger partial charge in [0.05, 0.1) is 6.61 Å². The second kappa shape index (κ2) is 7.05. The molecule has 0 aromatic heterocycles. The molecule has 0 saturated carbocycles. The maximum atomic E-state index is 11.4. The van der Waals surface area contributed by atoms with Gasteiger partial charge in [0, 0.05) is 27.7 Å². The maximum absolute atomic E-state index is 11.4. The Morgan fingerprint density at radius 3 is 2.27 bits per heavy atom. The fraction of sp³-hybridized carbons (Fsp3) is 0.188. The van der Waals surface area contributed by atoms with Crippen molar-refractivity contribution in [3.05, 3.63) is 53.6 Å². The van der Waals surface area contributed by atoms with Crippen molar-refractivity contribution in [2.45, 2.75) is 17.4 Å². The molecule has 6 heteroatoms. The van der Waals surface area contributed by atoms with Crippen LogP contribution in [0.15, 0.2) is 53.4 Å². The van der Waals surface area contributed by atoms with Gasteiger partial charge in [0.1, 0.15) is 6.04 Å². The molecule has 1 fully saturated rings. The molecular weight excluding hydrogens is 320 g/mol. The average Bonchev–Trinajstić information content (AvgIpc) is 2.94. The molecule has 1 aliphatic rings. The predicted molar refractivity (Wildman–Crippen MR) is 89.5 cm³/mol. The number of ether oxygens (including phenoxy) is 1. The van der Waals surface area contributed by atoms with E-state index in [2.05, 4.69) is 10.0 Å². The summed E-state index contributed by atoms with van der Waals surface area (Å²) in [6.45, 7) is 0.501. The van der Waals surface area contributed by atoms with E-state index in [9.17, 15) is 4.79 Å². The third-order valence-electron chi connectivity index (χ3n) is 3.24. The van der Waals surface area contributed by atoms with E-state index in [1.807, 2.05) is 48.5 Å². The molecule has 1 aliphatic heterocycles. The highest BCUT2D eigenvalue weighted by Gasteiger charge is 2.25. The second-order valence-electron chi connectivity index (χ2n) is 4.88. The van der Waals surface area contributed by atoms with Crippen LogP contribution in [0.25, 0.3) is 0 Å². The van der Waals surface area contributed by atoms with Crippen molar-refractivity contribution in [3.8, 4) is 0 Å². The normalized spacial score (nSPS) is 17.3. The highest BCUT2D eigenvalue weighted by Crippen LogP contribution is 2.23. The minimum atomic E-state index is -0.211. The van der Waals surface area contributed by atoms with Crippen LogP contribution in [-0.4, -0.2) is 18.6 Å². The molecule has 1 atom stereocenters. The molecule has 0 radical (unpaired) electrons. The lowest BCUT2D eigenvalue weighted by Crippen LogP contribution is -2.27. The highest BCUT2D eigenvalue weighted by molar-refractivity contribution is 7.97. The first-order valence-corrected chi connectivity index (χ1v) is 8.12. The summed E-state index contributed by atoms with van der Waals surface area (Å²) in [7, 11) is 0. The van der Waals surface area contributed by atoms with E-state index in [1.165, 1.54) is 11.9 Å². The lowest BCUT2D eigenvalue weighted by Gasteiger charge is -2.09. The van der Waals surface area contributed by atoms with Gasteiger partial charge in [-0.2, -0.15) is 0 Å². The standard InChI is InChI=1S/C16H15ClN2O2S/c17-11-1-3-12(4-2-11)18-13-5-7-14(8-6-13)22-19-15-9-10-21-16(15)20/h1-8,15,18-19H,9-10H2. The van der Waals surface area contributed by atoms with Gasteiger partial charge in [-0.3, -0.25) is 4.79 Å². The van der Waals surface area contributed by atoms with Crippen molar-refractivity contribution in [2.24, 2.45) is 0 Å². The van der Waals surface area contributed by atoms with Gasteiger partial charge < -0.3 is 10.1 Å². The summed E-state index contributed by atoms with van der Waals surface area (Å²) in [5.41, 5.74) is 1.98. The minimum absolute atomic E-state index is 0.173. The van der Waals surface area contributed by atoms with Crippen molar-refractivity contribution in [2.75, 3.05) is 11.9 Å². The molecule has 2 aromatic carbocycles. The molecule has 0 spiro atoms. The molecule has 2 N–H and O–H groups in total. The van der Waals surface area contributed by atoms with Gasteiger partial charge in [0.25, 0.3) is 0 Å². The molecule has 1 saturated heterocycles. The number of anilines is 2. The number of benzene rings is 2. The summed E-state index contributed by atoms with van der Waals surface area (Å²) in [5.74, 6) is -0.173. The van der Waals surface area contributed by atoms with Crippen LogP contribution < -0.4 is 10.0 Å². The number of carbonyl (C=O) groups is 1. The van der Waals surface area contributed by atoms with E-state index in [0.717, 1.165) is 22.7 Å². The van der Waals surface area contributed by atoms with Crippen LogP contribution in [-0.2, 0) is 9.53 Å². The topological polar surface area (TPSA) is 50.4 Å². The third-order valence-corrected chi connectivity index (χ3v) is 4.40. The van der Waals surface area contributed by atoms with Gasteiger partial charge in [0.2, 0.25) is 0 Å². The lowest BCUT2D eigenvalue weighted by atomic mass is 10.3. The largest absolute Gasteiger partial charge is 0.464 e. The van der Waals surface area contributed by atoms with Gasteiger partial charge in [-0.1, -0.05) is 11.6 Å². The van der Waals surface area contributed by atoms with Crippen LogP contribution in [0.5, 0.6) is 0 Å². The zero-order chi connectivity index (χ0) is 15.4. The van der Waals surface area contributed by atoms with E-state index >= 15 is 0 Å². The fourth-order valence-corrected chi connectivity index (χ4v) is 2.94. The van der Waals surface area contributed by atoms with Gasteiger partial charge in [-0.05, 0) is 60.5 Å². The van der Waals surface area contributed by atoms with E-state index in [1.54, 1.807) is 0 Å². The first-order valence-electron chi connectivity index (χ1n) is 6.92. The average molecular weight is 335 g/mol. The number of cyclic esters (lactones) is 1. The van der Waals surface area contributed by atoms with Gasteiger partial charge in [-0.15, -0.1) is 0 Å². The number of halogens is 1. The molecule has 22 heavy (non-hydrogen) atoms. The van der Waals surface area contributed by atoms with E-state index in [-0.39, 0.29) is 12.0 Å². The Balaban J connectivity index is 1.55. The van der Waals surface area contributed by atoms with Crippen molar-refractivity contribution in [1.29, 1.82) is 0 Å². The van der Waals surface area contributed by atoms with E-state index in [4.69, 9.17) is 16.3 Å². The third kappa shape index (κ3) is 3.94. The second-order valence-corrected chi connectivity index (χ2v) is 6.23. The number of carbonyl (C=O) groups excluding carboxylic acids is 1. The summed E-state index contributed by atoms with van der Waals surface area (Å²) < 4.78 is 8.04. The van der Waals surface area contributed by atoms with Crippen LogP contribution in [0.4, 0.5) is 11.4 Å². The van der Waals surface area contributed by atoms with Crippen molar-refractivity contribution in [3.63, 3.8) is 0 Å². The van der Waals surface area contributed by atoms with Crippen LogP contribution in [0, 0.1) is 0 Å².